The number of aryl methyl sites for hydroxylation is 2. The Hall–Kier alpha value is -1.32. The second kappa shape index (κ2) is 5.98. The van der Waals surface area contributed by atoms with Crippen molar-refractivity contribution in [3.8, 4) is 0 Å². The minimum atomic E-state index is -0.737. The first kappa shape index (κ1) is 15.1. The highest BCUT2D eigenvalue weighted by Gasteiger charge is 2.24. The van der Waals surface area contributed by atoms with Gasteiger partial charge in [-0.05, 0) is 23.5 Å². The first-order valence-electron chi connectivity index (χ1n) is 6.94. The van der Waals surface area contributed by atoms with Gasteiger partial charge in [0.05, 0.1) is 5.69 Å². The Morgan fingerprint density at radius 1 is 1.25 bits per heavy atom. The average Bonchev–Trinajstić information content (AvgIpc) is 2.74. The molecule has 2 aromatic rings. The van der Waals surface area contributed by atoms with Gasteiger partial charge in [0.2, 0.25) is 0 Å². The monoisotopic (exact) mass is 292 g/mol. The molecule has 1 N–H and O–H groups in total. The zero-order valence-corrected chi connectivity index (χ0v) is 13.1. The maximum absolute atomic E-state index is 10.6. The van der Waals surface area contributed by atoms with Crippen LogP contribution in [-0.2, 0) is 13.5 Å². The minimum Gasteiger partial charge on any atom is -0.383 e. The Morgan fingerprint density at radius 3 is 2.35 bits per heavy atom. The van der Waals surface area contributed by atoms with Crippen LogP contribution >= 0.6 is 11.6 Å². The van der Waals surface area contributed by atoms with E-state index in [0.29, 0.717) is 10.7 Å². The quantitative estimate of drug-likeness (QED) is 0.930. The number of nitrogens with zero attached hydrogens (tertiary/aromatic N) is 2. The van der Waals surface area contributed by atoms with E-state index in [1.165, 1.54) is 5.56 Å². The molecule has 1 unspecified atom stereocenters. The van der Waals surface area contributed by atoms with Gasteiger partial charge in [0.15, 0.2) is 0 Å². The predicted octanol–water partition coefficient (Wildman–Crippen LogP) is 3.84. The van der Waals surface area contributed by atoms with Gasteiger partial charge in [-0.3, -0.25) is 4.68 Å². The molecule has 0 aliphatic rings. The van der Waals surface area contributed by atoms with Crippen LogP contribution in [0, 0.1) is 0 Å². The number of aliphatic hydroxyl groups is 1. The van der Waals surface area contributed by atoms with Crippen LogP contribution in [0.25, 0.3) is 0 Å². The molecule has 0 spiro atoms. The molecule has 2 rings (SSSR count). The van der Waals surface area contributed by atoms with E-state index in [1.54, 1.807) is 11.7 Å². The fourth-order valence-corrected chi connectivity index (χ4v) is 2.56. The number of benzene rings is 1. The predicted molar refractivity (Wildman–Crippen MR) is 82.2 cm³/mol. The van der Waals surface area contributed by atoms with E-state index in [0.717, 1.165) is 17.7 Å². The van der Waals surface area contributed by atoms with Gasteiger partial charge < -0.3 is 5.11 Å². The first-order chi connectivity index (χ1) is 9.45. The van der Waals surface area contributed by atoms with Crippen LogP contribution in [0.5, 0.6) is 0 Å². The molecule has 1 aromatic carbocycles. The molecule has 0 saturated heterocycles. The van der Waals surface area contributed by atoms with Crippen LogP contribution in [0.15, 0.2) is 24.3 Å². The van der Waals surface area contributed by atoms with Crippen molar-refractivity contribution in [1.29, 1.82) is 0 Å². The molecule has 1 heterocycles. The molecule has 0 fully saturated rings. The highest BCUT2D eigenvalue weighted by molar-refractivity contribution is 6.30. The molecule has 1 atom stereocenters. The highest BCUT2D eigenvalue weighted by atomic mass is 35.5. The Morgan fingerprint density at radius 2 is 1.85 bits per heavy atom. The summed E-state index contributed by atoms with van der Waals surface area (Å²) >= 11 is 6.30. The summed E-state index contributed by atoms with van der Waals surface area (Å²) in [5.74, 6) is 0.216. The van der Waals surface area contributed by atoms with Gasteiger partial charge in [-0.25, -0.2) is 0 Å². The summed E-state index contributed by atoms with van der Waals surface area (Å²) in [5, 5.41) is 15.6. The molecule has 0 amide bonds. The molecule has 4 heteroatoms. The third-order valence-corrected chi connectivity index (χ3v) is 4.01. The van der Waals surface area contributed by atoms with Crippen molar-refractivity contribution in [2.24, 2.45) is 7.05 Å². The molecule has 20 heavy (non-hydrogen) atoms. The molecule has 0 saturated carbocycles. The molecular formula is C16H21ClN2O. The molecule has 108 valence electrons. The second-order valence-corrected chi connectivity index (χ2v) is 5.72. The standard InChI is InChI=1S/C16H21ClN2O/c1-5-11-6-8-12(9-7-11)15(20)13-14(10(2)3)18-19(4)16(13)17/h6-10,15,20H,5H2,1-4H3. The molecule has 0 aliphatic heterocycles. The van der Waals surface area contributed by atoms with Crippen molar-refractivity contribution in [2.45, 2.75) is 39.2 Å². The van der Waals surface area contributed by atoms with Gasteiger partial charge in [0.1, 0.15) is 11.3 Å². The lowest BCUT2D eigenvalue weighted by Crippen LogP contribution is -2.04. The van der Waals surface area contributed by atoms with E-state index in [9.17, 15) is 5.11 Å². The molecule has 0 bridgehead atoms. The largest absolute Gasteiger partial charge is 0.383 e. The smallest absolute Gasteiger partial charge is 0.133 e. The van der Waals surface area contributed by atoms with Crippen molar-refractivity contribution in [2.75, 3.05) is 0 Å². The summed E-state index contributed by atoms with van der Waals surface area (Å²) in [7, 11) is 1.80. The summed E-state index contributed by atoms with van der Waals surface area (Å²) in [6, 6.07) is 7.99. The van der Waals surface area contributed by atoms with Crippen molar-refractivity contribution in [3.63, 3.8) is 0 Å². The van der Waals surface area contributed by atoms with Gasteiger partial charge in [-0.2, -0.15) is 5.10 Å². The lowest BCUT2D eigenvalue weighted by atomic mass is 9.96. The Bertz CT molecular complexity index is 587. The number of aliphatic hydroxyl groups excluding tert-OH is 1. The van der Waals surface area contributed by atoms with Gasteiger partial charge in [0.25, 0.3) is 0 Å². The van der Waals surface area contributed by atoms with Crippen LogP contribution in [-0.4, -0.2) is 14.9 Å². The van der Waals surface area contributed by atoms with E-state index in [-0.39, 0.29) is 5.92 Å². The average molecular weight is 293 g/mol. The van der Waals surface area contributed by atoms with Crippen LogP contribution in [0.3, 0.4) is 0 Å². The summed E-state index contributed by atoms with van der Waals surface area (Å²) < 4.78 is 1.62. The fraction of sp³-hybridized carbons (Fsp3) is 0.438. The molecule has 0 aliphatic carbocycles. The Kier molecular flexibility index (Phi) is 4.51. The van der Waals surface area contributed by atoms with Crippen molar-refractivity contribution < 1.29 is 5.11 Å². The lowest BCUT2D eigenvalue weighted by Gasteiger charge is -2.14. The summed E-state index contributed by atoms with van der Waals surface area (Å²) in [5.41, 5.74) is 3.67. The van der Waals surface area contributed by atoms with E-state index in [1.807, 2.05) is 24.3 Å². The normalized spacial score (nSPS) is 12.9. The van der Waals surface area contributed by atoms with Crippen LogP contribution in [0.2, 0.25) is 5.15 Å². The van der Waals surface area contributed by atoms with Gasteiger partial charge >= 0.3 is 0 Å². The fourth-order valence-electron chi connectivity index (χ4n) is 2.32. The van der Waals surface area contributed by atoms with Crippen LogP contribution in [0.1, 0.15) is 55.2 Å². The number of aromatic nitrogens is 2. The zero-order valence-electron chi connectivity index (χ0n) is 12.4. The SMILES string of the molecule is CCc1ccc(C(O)c2c(C(C)C)nn(C)c2Cl)cc1. The minimum absolute atomic E-state index is 0.216. The third kappa shape index (κ3) is 2.74. The molecule has 0 radical (unpaired) electrons. The van der Waals surface area contributed by atoms with Crippen LogP contribution < -0.4 is 0 Å². The van der Waals surface area contributed by atoms with Crippen molar-refractivity contribution >= 4 is 11.6 Å². The molecule has 1 aromatic heterocycles. The Balaban J connectivity index is 2.44. The first-order valence-corrected chi connectivity index (χ1v) is 7.32. The number of hydrogen-bond donors (Lipinski definition) is 1. The summed E-state index contributed by atoms with van der Waals surface area (Å²) in [6.07, 6.45) is 0.251. The van der Waals surface area contributed by atoms with Gasteiger partial charge in [0, 0.05) is 12.6 Å². The zero-order chi connectivity index (χ0) is 14.9. The summed E-state index contributed by atoms with van der Waals surface area (Å²) in [6.45, 7) is 6.21. The van der Waals surface area contributed by atoms with Gasteiger partial charge in [-0.15, -0.1) is 0 Å². The Labute approximate surface area is 125 Å². The van der Waals surface area contributed by atoms with E-state index in [2.05, 4.69) is 25.9 Å². The van der Waals surface area contributed by atoms with Gasteiger partial charge in [-0.1, -0.05) is 56.6 Å². The van der Waals surface area contributed by atoms with E-state index >= 15 is 0 Å². The van der Waals surface area contributed by atoms with E-state index < -0.39 is 6.10 Å². The topological polar surface area (TPSA) is 38.1 Å². The van der Waals surface area contributed by atoms with Crippen LogP contribution in [0.4, 0.5) is 0 Å². The maximum Gasteiger partial charge on any atom is 0.133 e. The number of hydrogen-bond acceptors (Lipinski definition) is 2. The van der Waals surface area contributed by atoms with E-state index in [4.69, 9.17) is 11.6 Å². The number of rotatable bonds is 4. The number of halogens is 1. The second-order valence-electron chi connectivity index (χ2n) is 5.37. The molecule has 3 nitrogen and oxygen atoms in total. The van der Waals surface area contributed by atoms with Crippen molar-refractivity contribution in [1.82, 2.24) is 9.78 Å². The molecular weight excluding hydrogens is 272 g/mol. The maximum atomic E-state index is 10.6. The highest BCUT2D eigenvalue weighted by Crippen LogP contribution is 2.34. The lowest BCUT2D eigenvalue weighted by molar-refractivity contribution is 0.219. The summed E-state index contributed by atoms with van der Waals surface area (Å²) in [4.78, 5) is 0. The third-order valence-electron chi connectivity index (χ3n) is 3.56. The van der Waals surface area contributed by atoms with Crippen molar-refractivity contribution in [3.05, 3.63) is 51.8 Å².